The van der Waals surface area contributed by atoms with Crippen molar-refractivity contribution >= 4 is 0 Å². The quantitative estimate of drug-likeness (QED) is 0.606. The van der Waals surface area contributed by atoms with Gasteiger partial charge in [0.05, 0.1) is 12.2 Å². The Balaban J connectivity index is 3.90. The fourth-order valence-electron chi connectivity index (χ4n) is 1.95. The number of ether oxygens (including phenoxy) is 1. The summed E-state index contributed by atoms with van der Waals surface area (Å²) in [6.07, 6.45) is 3.79. The first kappa shape index (κ1) is 15.9. The third-order valence-electron chi connectivity index (χ3n) is 2.78. The molecule has 0 bridgehead atoms. The second-order valence-corrected chi connectivity index (χ2v) is 4.67. The van der Waals surface area contributed by atoms with E-state index in [-0.39, 0.29) is 0 Å². The molecule has 0 aromatic carbocycles. The lowest BCUT2D eigenvalue weighted by atomic mass is 9.92. The highest BCUT2D eigenvalue weighted by atomic mass is 16.5. The average Bonchev–Trinajstić information content (AvgIpc) is 2.24. The summed E-state index contributed by atoms with van der Waals surface area (Å²) < 4.78 is 5.34. The highest BCUT2D eigenvalue weighted by Crippen LogP contribution is 2.18. The van der Waals surface area contributed by atoms with Crippen LogP contribution >= 0.6 is 0 Å². The van der Waals surface area contributed by atoms with E-state index in [1.54, 1.807) is 0 Å². The second-order valence-electron chi connectivity index (χ2n) is 4.67. The van der Waals surface area contributed by atoms with Crippen LogP contribution in [0.2, 0.25) is 0 Å². The Morgan fingerprint density at radius 2 is 1.75 bits per heavy atom. The molecule has 2 N–H and O–H groups in total. The van der Waals surface area contributed by atoms with Gasteiger partial charge in [0.15, 0.2) is 0 Å². The third-order valence-corrected chi connectivity index (χ3v) is 2.78. The van der Waals surface area contributed by atoms with Gasteiger partial charge < -0.3 is 15.2 Å². The van der Waals surface area contributed by atoms with E-state index >= 15 is 0 Å². The summed E-state index contributed by atoms with van der Waals surface area (Å²) in [6.45, 7) is 10.5. The summed E-state index contributed by atoms with van der Waals surface area (Å²) in [5.74, 6) is 0. The molecule has 0 aliphatic carbocycles. The molecule has 0 heterocycles. The van der Waals surface area contributed by atoms with Crippen molar-refractivity contribution in [2.45, 2.75) is 65.0 Å². The number of hydrogen-bond acceptors (Lipinski definition) is 3. The maximum atomic E-state index is 10.4. The van der Waals surface area contributed by atoms with Gasteiger partial charge in [0.1, 0.15) is 0 Å². The molecule has 1 unspecified atom stereocenters. The van der Waals surface area contributed by atoms with E-state index in [4.69, 9.17) is 4.74 Å². The van der Waals surface area contributed by atoms with Gasteiger partial charge in [-0.15, -0.1) is 0 Å². The van der Waals surface area contributed by atoms with Crippen molar-refractivity contribution in [3.8, 4) is 0 Å². The molecule has 0 aliphatic rings. The fraction of sp³-hybridized carbons (Fsp3) is 1.00. The van der Waals surface area contributed by atoms with Gasteiger partial charge in [0.2, 0.25) is 0 Å². The summed E-state index contributed by atoms with van der Waals surface area (Å²) in [7, 11) is 0. The minimum absolute atomic E-state index is 0.306. The topological polar surface area (TPSA) is 41.5 Å². The number of rotatable bonds is 10. The maximum absolute atomic E-state index is 10.4. The van der Waals surface area contributed by atoms with Crippen molar-refractivity contribution in [2.75, 3.05) is 19.8 Å². The van der Waals surface area contributed by atoms with Crippen molar-refractivity contribution in [3.05, 3.63) is 0 Å². The molecule has 0 aromatic heterocycles. The summed E-state index contributed by atoms with van der Waals surface area (Å²) in [4.78, 5) is 0. The van der Waals surface area contributed by atoms with Crippen LogP contribution in [0.5, 0.6) is 0 Å². The molecule has 98 valence electrons. The Bertz CT molecular complexity index is 156. The molecule has 0 saturated heterocycles. The van der Waals surface area contributed by atoms with Crippen LogP contribution in [0.4, 0.5) is 0 Å². The van der Waals surface area contributed by atoms with E-state index in [1.807, 2.05) is 6.92 Å². The first-order valence-electron chi connectivity index (χ1n) is 6.61. The second kappa shape index (κ2) is 8.97. The maximum Gasteiger partial charge on any atom is 0.0771 e. The van der Waals surface area contributed by atoms with E-state index in [0.29, 0.717) is 19.2 Å². The summed E-state index contributed by atoms with van der Waals surface area (Å²) in [5, 5.41) is 13.7. The molecular weight excluding hydrogens is 202 g/mol. The fourth-order valence-corrected chi connectivity index (χ4v) is 1.95. The molecule has 0 aliphatic heterocycles. The molecule has 1 atom stereocenters. The number of hydrogen-bond donors (Lipinski definition) is 2. The Morgan fingerprint density at radius 1 is 1.19 bits per heavy atom. The van der Waals surface area contributed by atoms with Crippen LogP contribution in [0.15, 0.2) is 0 Å². The Labute approximate surface area is 101 Å². The van der Waals surface area contributed by atoms with Gasteiger partial charge >= 0.3 is 0 Å². The molecule has 0 spiro atoms. The van der Waals surface area contributed by atoms with Gasteiger partial charge in [-0.2, -0.15) is 0 Å². The van der Waals surface area contributed by atoms with Crippen molar-refractivity contribution in [2.24, 2.45) is 0 Å². The molecule has 0 fully saturated rings. The molecule has 0 rings (SSSR count). The minimum atomic E-state index is -0.538. The highest BCUT2D eigenvalue weighted by Gasteiger charge is 2.24. The number of aliphatic hydroxyl groups is 1. The predicted octanol–water partition coefficient (Wildman–Crippen LogP) is 2.33. The van der Waals surface area contributed by atoms with Crippen LogP contribution in [-0.2, 0) is 4.74 Å². The van der Waals surface area contributed by atoms with Gasteiger partial charge in [0, 0.05) is 19.2 Å². The van der Waals surface area contributed by atoms with Gasteiger partial charge in [-0.3, -0.25) is 0 Å². The van der Waals surface area contributed by atoms with Gasteiger partial charge in [-0.25, -0.2) is 0 Å². The zero-order valence-corrected chi connectivity index (χ0v) is 11.4. The van der Waals surface area contributed by atoms with E-state index in [2.05, 4.69) is 26.1 Å². The Hall–Kier alpha value is -0.120. The van der Waals surface area contributed by atoms with Crippen molar-refractivity contribution in [3.63, 3.8) is 0 Å². The summed E-state index contributed by atoms with van der Waals surface area (Å²) >= 11 is 0. The first-order valence-corrected chi connectivity index (χ1v) is 6.61. The predicted molar refractivity (Wildman–Crippen MR) is 68.7 cm³/mol. The van der Waals surface area contributed by atoms with Gasteiger partial charge in [0.25, 0.3) is 0 Å². The summed E-state index contributed by atoms with van der Waals surface area (Å²) in [6, 6.07) is 0.306. The molecule has 16 heavy (non-hydrogen) atoms. The molecule has 0 saturated carbocycles. The van der Waals surface area contributed by atoms with Crippen molar-refractivity contribution in [1.82, 2.24) is 5.32 Å². The minimum Gasteiger partial charge on any atom is -0.389 e. The monoisotopic (exact) mass is 231 g/mol. The van der Waals surface area contributed by atoms with Crippen LogP contribution in [0.1, 0.15) is 53.4 Å². The van der Waals surface area contributed by atoms with Gasteiger partial charge in [-0.1, -0.05) is 26.7 Å². The lowest BCUT2D eigenvalue weighted by Gasteiger charge is -2.29. The van der Waals surface area contributed by atoms with E-state index in [1.165, 1.54) is 0 Å². The lowest BCUT2D eigenvalue weighted by molar-refractivity contribution is 0.0159. The lowest BCUT2D eigenvalue weighted by Crippen LogP contribution is -2.45. The third kappa shape index (κ3) is 7.20. The smallest absolute Gasteiger partial charge is 0.0771 e. The largest absolute Gasteiger partial charge is 0.389 e. The molecule has 0 amide bonds. The zero-order valence-electron chi connectivity index (χ0n) is 11.4. The molecule has 0 aromatic rings. The van der Waals surface area contributed by atoms with Crippen LogP contribution in [0.3, 0.4) is 0 Å². The Kier molecular flexibility index (Phi) is 8.90. The Morgan fingerprint density at radius 3 is 2.19 bits per heavy atom. The average molecular weight is 231 g/mol. The van der Waals surface area contributed by atoms with Crippen molar-refractivity contribution < 1.29 is 9.84 Å². The van der Waals surface area contributed by atoms with E-state index in [0.717, 1.165) is 32.3 Å². The first-order chi connectivity index (χ1) is 7.58. The van der Waals surface area contributed by atoms with Gasteiger partial charge in [-0.05, 0) is 26.7 Å². The summed E-state index contributed by atoms with van der Waals surface area (Å²) in [5.41, 5.74) is -0.538. The van der Waals surface area contributed by atoms with Crippen LogP contribution in [-0.4, -0.2) is 36.5 Å². The standard InChI is InChI=1S/C13H29NO2/c1-5-8-13(15,9-6-2)11-14-12(4)10-16-7-3/h12,14-15H,5-11H2,1-4H3. The van der Waals surface area contributed by atoms with Crippen molar-refractivity contribution in [1.29, 1.82) is 0 Å². The molecule has 3 heteroatoms. The highest BCUT2D eigenvalue weighted by molar-refractivity contribution is 4.81. The zero-order chi connectivity index (χ0) is 12.4. The number of nitrogens with one attached hydrogen (secondary N) is 1. The molecule has 0 radical (unpaired) electrons. The van der Waals surface area contributed by atoms with Crippen LogP contribution in [0, 0.1) is 0 Å². The van der Waals surface area contributed by atoms with Crippen LogP contribution < -0.4 is 5.32 Å². The SMILES string of the molecule is CCCC(O)(CCC)CNC(C)COCC. The molecule has 3 nitrogen and oxygen atoms in total. The molecular formula is C13H29NO2. The normalized spacial score (nSPS) is 14.1. The van der Waals surface area contributed by atoms with E-state index in [9.17, 15) is 5.11 Å². The van der Waals surface area contributed by atoms with Crippen LogP contribution in [0.25, 0.3) is 0 Å². The van der Waals surface area contributed by atoms with E-state index < -0.39 is 5.60 Å².